The van der Waals surface area contributed by atoms with Crippen molar-refractivity contribution in [1.82, 2.24) is 4.72 Å². The summed E-state index contributed by atoms with van der Waals surface area (Å²) in [5.74, 6) is 0. The average molecular weight is 260 g/mol. The van der Waals surface area contributed by atoms with Crippen molar-refractivity contribution >= 4 is 26.2 Å². The molecule has 0 radical (unpaired) electrons. The Kier molecular flexibility index (Phi) is 4.68. The summed E-state index contributed by atoms with van der Waals surface area (Å²) in [6.45, 7) is 4.08. The van der Waals surface area contributed by atoms with Gasteiger partial charge in [0.05, 0.1) is 6.61 Å². The van der Waals surface area contributed by atoms with Gasteiger partial charge in [-0.25, -0.2) is 0 Å². The van der Waals surface area contributed by atoms with E-state index in [1.165, 1.54) is 7.05 Å². The maximum absolute atomic E-state index is 10.7. The van der Waals surface area contributed by atoms with Crippen molar-refractivity contribution in [2.75, 3.05) is 13.7 Å². The first-order chi connectivity index (χ1) is 5.27. The molecule has 0 amide bonds. The van der Waals surface area contributed by atoms with Gasteiger partial charge in [-0.2, -0.15) is 13.1 Å². The highest BCUT2D eigenvalue weighted by molar-refractivity contribution is 9.10. The predicted octanol–water partition coefficient (Wildman–Crippen LogP) is 1.03. The van der Waals surface area contributed by atoms with Gasteiger partial charge in [-0.3, -0.25) is 4.18 Å². The summed E-state index contributed by atoms with van der Waals surface area (Å²) in [7, 11) is -2.20. The topological polar surface area (TPSA) is 55.4 Å². The predicted molar refractivity (Wildman–Crippen MR) is 51.6 cm³/mol. The number of hydrogen-bond acceptors (Lipinski definition) is 3. The van der Waals surface area contributed by atoms with Crippen LogP contribution in [0.25, 0.3) is 0 Å². The van der Waals surface area contributed by atoms with Crippen molar-refractivity contribution in [3.8, 4) is 0 Å². The van der Waals surface area contributed by atoms with E-state index >= 15 is 0 Å². The second-order valence-corrected chi connectivity index (χ2v) is 6.65. The third kappa shape index (κ3) is 7.02. The molecule has 0 bridgehead atoms. The molecule has 0 aromatic carbocycles. The molecule has 0 unspecified atom stereocenters. The van der Waals surface area contributed by atoms with Crippen LogP contribution in [0.15, 0.2) is 0 Å². The van der Waals surface area contributed by atoms with Crippen molar-refractivity contribution < 1.29 is 12.6 Å². The molecule has 12 heavy (non-hydrogen) atoms. The van der Waals surface area contributed by atoms with Gasteiger partial charge in [0.1, 0.15) is 0 Å². The van der Waals surface area contributed by atoms with Gasteiger partial charge in [0.15, 0.2) is 0 Å². The number of hydrogen-bond donors (Lipinski definition) is 1. The minimum Gasteiger partial charge on any atom is -0.258 e. The third-order valence-corrected chi connectivity index (χ3v) is 2.56. The summed E-state index contributed by atoms with van der Waals surface area (Å²) in [6, 6.07) is 0. The van der Waals surface area contributed by atoms with Gasteiger partial charge < -0.3 is 0 Å². The molecule has 0 aliphatic carbocycles. The zero-order valence-corrected chi connectivity index (χ0v) is 9.83. The van der Waals surface area contributed by atoms with Crippen LogP contribution in [0, 0.1) is 0 Å². The molecule has 0 atom stereocenters. The Bertz CT molecular complexity index is 219. The van der Waals surface area contributed by atoms with Gasteiger partial charge in [0.25, 0.3) is 0 Å². The Morgan fingerprint density at radius 2 is 2.00 bits per heavy atom. The summed E-state index contributed by atoms with van der Waals surface area (Å²) >= 11 is 3.37. The minimum absolute atomic E-state index is 0.0870. The summed E-state index contributed by atoms with van der Waals surface area (Å²) in [4.78, 5) is 0. The quantitative estimate of drug-likeness (QED) is 0.751. The van der Waals surface area contributed by atoms with Crippen LogP contribution in [0.3, 0.4) is 0 Å². The van der Waals surface area contributed by atoms with E-state index in [1.54, 1.807) is 0 Å². The van der Waals surface area contributed by atoms with E-state index in [2.05, 4.69) is 24.8 Å². The van der Waals surface area contributed by atoms with E-state index in [0.717, 1.165) is 0 Å². The Labute approximate surface area is 82.1 Å². The highest BCUT2D eigenvalue weighted by atomic mass is 79.9. The van der Waals surface area contributed by atoms with E-state index in [-0.39, 0.29) is 10.9 Å². The molecule has 1 N–H and O–H groups in total. The van der Waals surface area contributed by atoms with Gasteiger partial charge in [-0.1, -0.05) is 15.9 Å². The lowest BCUT2D eigenvalue weighted by molar-refractivity contribution is 0.297. The molecule has 4 nitrogen and oxygen atoms in total. The number of nitrogens with one attached hydrogen (secondary N) is 1. The molecule has 0 aromatic rings. The zero-order chi connectivity index (χ0) is 9.83. The fourth-order valence-corrected chi connectivity index (χ4v) is 1.04. The molecule has 0 fully saturated rings. The molecular weight excluding hydrogens is 246 g/mol. The summed E-state index contributed by atoms with van der Waals surface area (Å²) in [5.41, 5.74) is 0. The molecule has 0 rings (SSSR count). The third-order valence-electron chi connectivity index (χ3n) is 1.19. The second-order valence-electron chi connectivity index (χ2n) is 2.95. The summed E-state index contributed by atoms with van der Waals surface area (Å²) < 4.78 is 28.0. The Balaban J connectivity index is 3.73. The Morgan fingerprint density at radius 3 is 2.33 bits per heavy atom. The first-order valence-corrected chi connectivity index (χ1v) is 5.74. The standard InChI is InChI=1S/C6H14BrNO3S/c1-6(2,7)4-5-11-12(9,10)8-3/h8H,4-5H2,1-3H3. The van der Waals surface area contributed by atoms with Crippen LogP contribution >= 0.6 is 15.9 Å². The smallest absolute Gasteiger partial charge is 0.258 e. The monoisotopic (exact) mass is 259 g/mol. The van der Waals surface area contributed by atoms with E-state index in [0.29, 0.717) is 6.42 Å². The molecule has 74 valence electrons. The molecule has 0 spiro atoms. The lowest BCUT2D eigenvalue weighted by Crippen LogP contribution is -2.24. The number of halogens is 1. The lowest BCUT2D eigenvalue weighted by Gasteiger charge is -2.14. The van der Waals surface area contributed by atoms with E-state index in [1.807, 2.05) is 13.8 Å². The largest absolute Gasteiger partial charge is 0.335 e. The lowest BCUT2D eigenvalue weighted by atomic mass is 10.1. The van der Waals surface area contributed by atoms with Gasteiger partial charge >= 0.3 is 10.3 Å². The van der Waals surface area contributed by atoms with E-state index in [4.69, 9.17) is 0 Å². The Morgan fingerprint density at radius 1 is 1.50 bits per heavy atom. The van der Waals surface area contributed by atoms with Crippen LogP contribution in [0.4, 0.5) is 0 Å². The second kappa shape index (κ2) is 4.55. The fraction of sp³-hybridized carbons (Fsp3) is 1.00. The maximum Gasteiger partial charge on any atom is 0.335 e. The summed E-state index contributed by atoms with van der Waals surface area (Å²) in [5, 5.41) is 0. The Hall–Kier alpha value is 0.350. The first-order valence-electron chi connectivity index (χ1n) is 3.54. The number of alkyl halides is 1. The highest BCUT2D eigenvalue weighted by Gasteiger charge is 2.14. The molecular formula is C6H14BrNO3S. The van der Waals surface area contributed by atoms with Crippen molar-refractivity contribution in [3.63, 3.8) is 0 Å². The minimum atomic E-state index is -3.51. The van der Waals surface area contributed by atoms with Crippen LogP contribution in [0.2, 0.25) is 0 Å². The van der Waals surface area contributed by atoms with Gasteiger partial charge in [-0.05, 0) is 20.3 Å². The van der Waals surface area contributed by atoms with Crippen molar-refractivity contribution in [3.05, 3.63) is 0 Å². The van der Waals surface area contributed by atoms with Crippen LogP contribution in [0.5, 0.6) is 0 Å². The van der Waals surface area contributed by atoms with Crippen LogP contribution in [-0.4, -0.2) is 26.4 Å². The molecule has 6 heteroatoms. The first kappa shape index (κ1) is 12.3. The zero-order valence-electron chi connectivity index (χ0n) is 7.43. The molecule has 0 aliphatic heterocycles. The van der Waals surface area contributed by atoms with Crippen molar-refractivity contribution in [2.24, 2.45) is 0 Å². The van der Waals surface area contributed by atoms with Crippen LogP contribution in [-0.2, 0) is 14.5 Å². The van der Waals surface area contributed by atoms with Gasteiger partial charge in [0.2, 0.25) is 0 Å². The van der Waals surface area contributed by atoms with Crippen molar-refractivity contribution in [1.29, 1.82) is 0 Å². The van der Waals surface area contributed by atoms with E-state index in [9.17, 15) is 8.42 Å². The average Bonchev–Trinajstić information content (AvgIpc) is 1.84. The molecule has 0 heterocycles. The SMILES string of the molecule is CNS(=O)(=O)OCCC(C)(C)Br. The molecule has 0 aliphatic rings. The maximum atomic E-state index is 10.7. The summed E-state index contributed by atoms with van der Waals surface area (Å²) in [6.07, 6.45) is 0.633. The van der Waals surface area contributed by atoms with Crippen LogP contribution < -0.4 is 4.72 Å². The van der Waals surface area contributed by atoms with Crippen LogP contribution in [0.1, 0.15) is 20.3 Å². The molecule has 0 aromatic heterocycles. The fourth-order valence-electron chi connectivity index (χ4n) is 0.453. The van der Waals surface area contributed by atoms with Crippen molar-refractivity contribution in [2.45, 2.75) is 24.6 Å². The number of rotatable bonds is 5. The normalized spacial score (nSPS) is 13.3. The van der Waals surface area contributed by atoms with Gasteiger partial charge in [-0.15, -0.1) is 0 Å². The molecule has 0 saturated carbocycles. The highest BCUT2D eigenvalue weighted by Crippen LogP contribution is 2.20. The van der Waals surface area contributed by atoms with Gasteiger partial charge in [0, 0.05) is 11.4 Å². The van der Waals surface area contributed by atoms with E-state index < -0.39 is 10.3 Å². The molecule has 0 saturated heterocycles.